The van der Waals surface area contributed by atoms with Crippen LogP contribution in [0.5, 0.6) is 11.5 Å². The van der Waals surface area contributed by atoms with E-state index in [1.54, 1.807) is 36.4 Å². The first-order valence-electron chi connectivity index (χ1n) is 7.51. The fourth-order valence-electron chi connectivity index (χ4n) is 2.62. The number of ether oxygens (including phenoxy) is 2. The molecule has 2 aliphatic rings. The van der Waals surface area contributed by atoms with Crippen LogP contribution in [0.25, 0.3) is 0 Å². The molecule has 1 N–H and O–H groups in total. The van der Waals surface area contributed by atoms with Crippen LogP contribution in [0, 0.1) is 5.82 Å². The Balaban J connectivity index is 1.64. The Hall–Kier alpha value is -3.09. The third-order valence-corrected chi connectivity index (χ3v) is 3.73. The van der Waals surface area contributed by atoms with Gasteiger partial charge in [0.25, 0.3) is 5.91 Å². The number of guanidine groups is 1. The molecule has 24 heavy (non-hydrogen) atoms. The highest BCUT2D eigenvalue weighted by Gasteiger charge is 2.29. The summed E-state index contributed by atoms with van der Waals surface area (Å²) >= 11 is 0. The van der Waals surface area contributed by atoms with Gasteiger partial charge in [-0.15, -0.1) is 0 Å². The number of nitrogens with zero attached hydrogens (tertiary/aromatic N) is 2. The molecule has 122 valence electrons. The van der Waals surface area contributed by atoms with Gasteiger partial charge in [0.2, 0.25) is 5.96 Å². The molecule has 0 aromatic heterocycles. The van der Waals surface area contributed by atoms with E-state index in [9.17, 15) is 9.18 Å². The van der Waals surface area contributed by atoms with Crippen molar-refractivity contribution in [2.45, 2.75) is 0 Å². The van der Waals surface area contributed by atoms with E-state index in [-0.39, 0.29) is 24.1 Å². The molecule has 4 rings (SSSR count). The van der Waals surface area contributed by atoms with E-state index in [0.29, 0.717) is 30.4 Å². The highest BCUT2D eigenvalue weighted by Crippen LogP contribution is 2.34. The summed E-state index contributed by atoms with van der Waals surface area (Å²) in [7, 11) is 0. The average Bonchev–Trinajstić information content (AvgIpc) is 2.97. The van der Waals surface area contributed by atoms with E-state index < -0.39 is 5.82 Å². The highest BCUT2D eigenvalue weighted by molar-refractivity contribution is 6.24. The van der Waals surface area contributed by atoms with Crippen molar-refractivity contribution in [1.29, 1.82) is 0 Å². The van der Waals surface area contributed by atoms with Crippen molar-refractivity contribution in [2.75, 3.05) is 30.0 Å². The van der Waals surface area contributed by atoms with Gasteiger partial charge in [-0.25, -0.2) is 14.3 Å². The molecule has 0 radical (unpaired) electrons. The van der Waals surface area contributed by atoms with E-state index in [0.717, 1.165) is 0 Å². The normalized spacial score (nSPS) is 16.1. The summed E-state index contributed by atoms with van der Waals surface area (Å²) in [6.45, 7) is 0.959. The molecule has 0 aliphatic carbocycles. The minimum absolute atomic E-state index is 0.00519. The van der Waals surface area contributed by atoms with Crippen LogP contribution in [0.1, 0.15) is 0 Å². The molecule has 0 saturated carbocycles. The number of aliphatic imine (C=N–C) groups is 1. The predicted octanol–water partition coefficient (Wildman–Crippen LogP) is 2.41. The van der Waals surface area contributed by atoms with Crippen LogP contribution < -0.4 is 19.7 Å². The minimum atomic E-state index is -0.415. The average molecular weight is 327 g/mol. The lowest BCUT2D eigenvalue weighted by Crippen LogP contribution is -2.37. The number of benzene rings is 2. The smallest absolute Gasteiger partial charge is 0.255 e. The van der Waals surface area contributed by atoms with Crippen LogP contribution in [-0.2, 0) is 4.79 Å². The maximum atomic E-state index is 13.8. The second-order valence-corrected chi connectivity index (χ2v) is 5.30. The summed E-state index contributed by atoms with van der Waals surface area (Å²) in [6.07, 6.45) is 0. The van der Waals surface area contributed by atoms with E-state index in [1.807, 2.05) is 0 Å². The van der Waals surface area contributed by atoms with E-state index in [1.165, 1.54) is 11.0 Å². The number of hydrogen-bond donors (Lipinski definition) is 1. The first-order valence-corrected chi connectivity index (χ1v) is 7.51. The van der Waals surface area contributed by atoms with Crippen molar-refractivity contribution in [3.05, 3.63) is 48.3 Å². The quantitative estimate of drug-likeness (QED) is 0.920. The summed E-state index contributed by atoms with van der Waals surface area (Å²) in [6, 6.07) is 11.4. The number of carbonyl (C=O) groups excluding carboxylic acids is 1. The molecule has 2 aromatic carbocycles. The molecular weight excluding hydrogens is 313 g/mol. The molecule has 7 heteroatoms. The summed E-state index contributed by atoms with van der Waals surface area (Å²) in [5, 5.41) is 2.88. The fourth-order valence-corrected chi connectivity index (χ4v) is 2.62. The van der Waals surface area contributed by atoms with Gasteiger partial charge in [-0.1, -0.05) is 12.1 Å². The van der Waals surface area contributed by atoms with Crippen LogP contribution in [0.2, 0.25) is 0 Å². The molecule has 6 nitrogen and oxygen atoms in total. The Kier molecular flexibility index (Phi) is 3.53. The standard InChI is InChI=1S/C17H14FN3O3/c18-12-3-1-2-4-13(12)20-17-19-10-16(22)21(17)11-5-6-14-15(9-11)24-8-7-23-14/h1-6,9H,7-8,10H2,(H,19,20). The van der Waals surface area contributed by atoms with Crippen molar-refractivity contribution in [3.8, 4) is 11.5 Å². The van der Waals surface area contributed by atoms with Gasteiger partial charge in [0.05, 0.1) is 11.4 Å². The summed E-state index contributed by atoms with van der Waals surface area (Å²) < 4.78 is 24.9. The van der Waals surface area contributed by atoms with E-state index >= 15 is 0 Å². The monoisotopic (exact) mass is 327 g/mol. The van der Waals surface area contributed by atoms with Crippen molar-refractivity contribution < 1.29 is 18.7 Å². The van der Waals surface area contributed by atoms with Gasteiger partial charge < -0.3 is 14.8 Å². The number of halogens is 1. The highest BCUT2D eigenvalue weighted by atomic mass is 19.1. The topological polar surface area (TPSA) is 63.2 Å². The Morgan fingerprint density at radius 2 is 1.88 bits per heavy atom. The molecule has 0 unspecified atom stereocenters. The Morgan fingerprint density at radius 1 is 1.08 bits per heavy atom. The molecule has 2 aromatic rings. The van der Waals surface area contributed by atoms with Crippen molar-refractivity contribution in [3.63, 3.8) is 0 Å². The van der Waals surface area contributed by atoms with Crippen LogP contribution in [0.3, 0.4) is 0 Å². The number of rotatable bonds is 2. The first kappa shape index (κ1) is 14.5. The van der Waals surface area contributed by atoms with Crippen LogP contribution in [0.4, 0.5) is 15.8 Å². The number of carbonyl (C=O) groups is 1. The SMILES string of the molecule is O=C1CN=C(Nc2ccccc2F)N1c1ccc2c(c1)OCCO2. The third kappa shape index (κ3) is 2.54. The number of hydrogen-bond acceptors (Lipinski definition) is 5. The van der Waals surface area contributed by atoms with Gasteiger partial charge in [0.15, 0.2) is 11.5 Å². The molecule has 0 fully saturated rings. The van der Waals surface area contributed by atoms with Crippen molar-refractivity contribution in [1.82, 2.24) is 0 Å². The van der Waals surface area contributed by atoms with Crippen molar-refractivity contribution in [2.24, 2.45) is 4.99 Å². The Labute approximate surface area is 137 Å². The molecule has 2 aliphatic heterocycles. The largest absolute Gasteiger partial charge is 0.486 e. The third-order valence-electron chi connectivity index (χ3n) is 3.73. The van der Waals surface area contributed by atoms with Gasteiger partial charge in [-0.3, -0.25) is 4.79 Å². The number of para-hydroxylation sites is 1. The Bertz CT molecular complexity index is 838. The van der Waals surface area contributed by atoms with Gasteiger partial charge in [-0.2, -0.15) is 0 Å². The number of nitrogens with one attached hydrogen (secondary N) is 1. The predicted molar refractivity (Wildman–Crippen MR) is 87.2 cm³/mol. The van der Waals surface area contributed by atoms with Gasteiger partial charge >= 0.3 is 0 Å². The van der Waals surface area contributed by atoms with E-state index in [2.05, 4.69) is 10.3 Å². The molecule has 0 saturated heterocycles. The lowest BCUT2D eigenvalue weighted by atomic mass is 10.2. The Morgan fingerprint density at radius 3 is 2.71 bits per heavy atom. The molecule has 0 bridgehead atoms. The zero-order valence-corrected chi connectivity index (χ0v) is 12.7. The number of fused-ring (bicyclic) bond motifs is 1. The van der Waals surface area contributed by atoms with Gasteiger partial charge in [0.1, 0.15) is 25.6 Å². The molecular formula is C17H14FN3O3. The second kappa shape index (κ2) is 5.84. The molecule has 0 atom stereocenters. The lowest BCUT2D eigenvalue weighted by Gasteiger charge is -2.23. The number of anilines is 2. The van der Waals surface area contributed by atoms with Crippen molar-refractivity contribution >= 4 is 23.2 Å². The van der Waals surface area contributed by atoms with Crippen LogP contribution in [-0.4, -0.2) is 31.6 Å². The van der Waals surface area contributed by atoms with Gasteiger partial charge in [-0.05, 0) is 24.3 Å². The maximum Gasteiger partial charge on any atom is 0.255 e. The van der Waals surface area contributed by atoms with E-state index in [4.69, 9.17) is 9.47 Å². The second-order valence-electron chi connectivity index (χ2n) is 5.30. The van der Waals surface area contributed by atoms with Crippen LogP contribution >= 0.6 is 0 Å². The number of amides is 1. The first-order chi connectivity index (χ1) is 11.7. The summed E-state index contributed by atoms with van der Waals surface area (Å²) in [5.41, 5.74) is 0.845. The van der Waals surface area contributed by atoms with Gasteiger partial charge in [0, 0.05) is 6.07 Å². The molecule has 1 amide bonds. The fraction of sp³-hybridized carbons (Fsp3) is 0.176. The molecule has 0 spiro atoms. The summed E-state index contributed by atoms with van der Waals surface area (Å²) in [5.74, 6) is 0.870. The zero-order chi connectivity index (χ0) is 16.5. The molecule has 2 heterocycles. The maximum absolute atomic E-state index is 13.8. The summed E-state index contributed by atoms with van der Waals surface area (Å²) in [4.78, 5) is 17.8. The minimum Gasteiger partial charge on any atom is -0.486 e. The lowest BCUT2D eigenvalue weighted by molar-refractivity contribution is -0.115. The van der Waals surface area contributed by atoms with Crippen LogP contribution in [0.15, 0.2) is 47.5 Å². The zero-order valence-electron chi connectivity index (χ0n) is 12.7.